The summed E-state index contributed by atoms with van der Waals surface area (Å²) in [5.74, 6) is -0.458. The third-order valence-corrected chi connectivity index (χ3v) is 5.02. The molecule has 2 aromatic carbocycles. The normalized spacial score (nSPS) is 14.2. The number of amides is 2. The van der Waals surface area contributed by atoms with Crippen LogP contribution in [-0.2, 0) is 9.59 Å². The molecule has 2 amide bonds. The molecule has 0 aliphatic carbocycles. The number of rotatable bonds is 4. The molecule has 0 unspecified atom stereocenters. The van der Waals surface area contributed by atoms with Crippen LogP contribution in [-0.4, -0.2) is 42.9 Å². The highest BCUT2D eigenvalue weighted by atomic mass is 35.5. The van der Waals surface area contributed by atoms with Gasteiger partial charge >= 0.3 is 0 Å². The SMILES string of the molecule is Cc1c(Cl)cccc1NC(=O)CC(=O)N1CCN(c2ccccc2)CC1. The first-order chi connectivity index (χ1) is 12.5. The summed E-state index contributed by atoms with van der Waals surface area (Å²) in [6.07, 6.45) is -0.155. The summed E-state index contributed by atoms with van der Waals surface area (Å²) in [6.45, 7) is 4.62. The number of benzene rings is 2. The number of nitrogens with zero attached hydrogens (tertiary/aromatic N) is 2. The zero-order chi connectivity index (χ0) is 18.5. The molecule has 6 heteroatoms. The summed E-state index contributed by atoms with van der Waals surface area (Å²) in [5, 5.41) is 3.36. The zero-order valence-corrected chi connectivity index (χ0v) is 15.5. The Bertz CT molecular complexity index is 787. The van der Waals surface area contributed by atoms with Gasteiger partial charge < -0.3 is 15.1 Å². The van der Waals surface area contributed by atoms with E-state index in [1.54, 1.807) is 23.1 Å². The molecule has 136 valence electrons. The number of halogens is 1. The molecule has 1 heterocycles. The van der Waals surface area contributed by atoms with Gasteiger partial charge in [-0.3, -0.25) is 9.59 Å². The topological polar surface area (TPSA) is 52.7 Å². The number of piperazine rings is 1. The smallest absolute Gasteiger partial charge is 0.233 e. The van der Waals surface area contributed by atoms with E-state index in [2.05, 4.69) is 22.3 Å². The Labute approximate surface area is 158 Å². The van der Waals surface area contributed by atoms with Crippen molar-refractivity contribution in [3.63, 3.8) is 0 Å². The molecule has 3 rings (SSSR count). The maximum absolute atomic E-state index is 12.4. The fourth-order valence-electron chi connectivity index (χ4n) is 3.04. The molecule has 0 bridgehead atoms. The van der Waals surface area contributed by atoms with Crippen molar-refractivity contribution < 1.29 is 9.59 Å². The van der Waals surface area contributed by atoms with Crippen LogP contribution in [0.2, 0.25) is 5.02 Å². The van der Waals surface area contributed by atoms with E-state index >= 15 is 0 Å². The number of hydrogen-bond acceptors (Lipinski definition) is 3. The first-order valence-corrected chi connectivity index (χ1v) is 9.05. The molecule has 2 aromatic rings. The average Bonchev–Trinajstić information content (AvgIpc) is 2.66. The van der Waals surface area contributed by atoms with Crippen molar-refractivity contribution in [2.24, 2.45) is 0 Å². The van der Waals surface area contributed by atoms with Crippen molar-refractivity contribution >= 4 is 34.8 Å². The van der Waals surface area contributed by atoms with Crippen LogP contribution in [0.1, 0.15) is 12.0 Å². The maximum atomic E-state index is 12.4. The standard InChI is InChI=1S/C20H22ClN3O2/c1-15-17(21)8-5-9-18(15)22-19(25)14-20(26)24-12-10-23(11-13-24)16-6-3-2-4-7-16/h2-9H,10-14H2,1H3,(H,22,25). The Morgan fingerprint density at radius 1 is 1.00 bits per heavy atom. The van der Waals surface area contributed by atoms with Gasteiger partial charge in [0.15, 0.2) is 0 Å². The molecule has 0 saturated carbocycles. The van der Waals surface area contributed by atoms with Gasteiger partial charge in [-0.1, -0.05) is 35.9 Å². The number of carbonyl (C=O) groups is 2. The van der Waals surface area contributed by atoms with Crippen LogP contribution >= 0.6 is 11.6 Å². The Kier molecular flexibility index (Phi) is 5.78. The van der Waals surface area contributed by atoms with Crippen molar-refractivity contribution in [3.8, 4) is 0 Å². The summed E-state index contributed by atoms with van der Waals surface area (Å²) >= 11 is 6.06. The Morgan fingerprint density at radius 3 is 2.38 bits per heavy atom. The monoisotopic (exact) mass is 371 g/mol. The van der Waals surface area contributed by atoms with Crippen LogP contribution < -0.4 is 10.2 Å². The van der Waals surface area contributed by atoms with E-state index in [0.717, 1.165) is 24.3 Å². The van der Waals surface area contributed by atoms with E-state index in [9.17, 15) is 9.59 Å². The third kappa shape index (κ3) is 4.35. The van der Waals surface area contributed by atoms with E-state index < -0.39 is 0 Å². The van der Waals surface area contributed by atoms with E-state index in [0.29, 0.717) is 23.8 Å². The minimum Gasteiger partial charge on any atom is -0.368 e. The fraction of sp³-hybridized carbons (Fsp3) is 0.300. The van der Waals surface area contributed by atoms with Crippen molar-refractivity contribution in [3.05, 3.63) is 59.1 Å². The van der Waals surface area contributed by atoms with Gasteiger partial charge in [0, 0.05) is 42.6 Å². The summed E-state index contributed by atoms with van der Waals surface area (Å²) < 4.78 is 0. The van der Waals surface area contributed by atoms with Gasteiger partial charge in [-0.2, -0.15) is 0 Å². The lowest BCUT2D eigenvalue weighted by Gasteiger charge is -2.36. The van der Waals surface area contributed by atoms with E-state index in [-0.39, 0.29) is 18.2 Å². The predicted octanol–water partition coefficient (Wildman–Crippen LogP) is 3.33. The molecule has 0 radical (unpaired) electrons. The second-order valence-corrected chi connectivity index (χ2v) is 6.75. The number of carbonyl (C=O) groups excluding carboxylic acids is 2. The minimum atomic E-state index is -0.314. The lowest BCUT2D eigenvalue weighted by atomic mass is 10.2. The average molecular weight is 372 g/mol. The summed E-state index contributed by atoms with van der Waals surface area (Å²) in [5.41, 5.74) is 2.60. The number of para-hydroxylation sites is 1. The maximum Gasteiger partial charge on any atom is 0.233 e. The quantitative estimate of drug-likeness (QED) is 0.839. The van der Waals surface area contributed by atoms with Gasteiger partial charge in [-0.05, 0) is 36.8 Å². The molecule has 1 N–H and O–H groups in total. The van der Waals surface area contributed by atoms with Gasteiger partial charge in [-0.15, -0.1) is 0 Å². The van der Waals surface area contributed by atoms with Gasteiger partial charge in [0.25, 0.3) is 0 Å². The Morgan fingerprint density at radius 2 is 1.69 bits per heavy atom. The van der Waals surface area contributed by atoms with Crippen molar-refractivity contribution in [2.45, 2.75) is 13.3 Å². The van der Waals surface area contributed by atoms with Gasteiger partial charge in [-0.25, -0.2) is 0 Å². The highest BCUT2D eigenvalue weighted by Gasteiger charge is 2.23. The molecule has 1 fully saturated rings. The van der Waals surface area contributed by atoms with Crippen molar-refractivity contribution in [1.82, 2.24) is 4.90 Å². The molecule has 0 aromatic heterocycles. The Balaban J connectivity index is 1.51. The number of nitrogens with one attached hydrogen (secondary N) is 1. The second-order valence-electron chi connectivity index (χ2n) is 6.34. The largest absolute Gasteiger partial charge is 0.368 e. The molecule has 0 spiro atoms. The number of hydrogen-bond donors (Lipinski definition) is 1. The molecule has 26 heavy (non-hydrogen) atoms. The van der Waals surface area contributed by atoms with Crippen LogP contribution in [0.4, 0.5) is 11.4 Å². The molecular formula is C20H22ClN3O2. The molecule has 1 saturated heterocycles. The molecule has 5 nitrogen and oxygen atoms in total. The van der Waals surface area contributed by atoms with Crippen molar-refractivity contribution in [2.75, 3.05) is 36.4 Å². The van der Waals surface area contributed by atoms with Crippen LogP contribution in [0, 0.1) is 6.92 Å². The summed E-state index contributed by atoms with van der Waals surface area (Å²) in [7, 11) is 0. The molecular weight excluding hydrogens is 350 g/mol. The molecule has 1 aliphatic heterocycles. The Hall–Kier alpha value is -2.53. The van der Waals surface area contributed by atoms with Crippen LogP contribution in [0.15, 0.2) is 48.5 Å². The van der Waals surface area contributed by atoms with Crippen LogP contribution in [0.25, 0.3) is 0 Å². The van der Waals surface area contributed by atoms with Gasteiger partial charge in [0.2, 0.25) is 11.8 Å². The van der Waals surface area contributed by atoms with Crippen molar-refractivity contribution in [1.29, 1.82) is 0 Å². The van der Waals surface area contributed by atoms with E-state index in [4.69, 9.17) is 11.6 Å². The molecule has 0 atom stereocenters. The fourth-order valence-corrected chi connectivity index (χ4v) is 3.21. The third-order valence-electron chi connectivity index (χ3n) is 4.61. The lowest BCUT2D eigenvalue weighted by molar-refractivity contribution is -0.134. The highest BCUT2D eigenvalue weighted by molar-refractivity contribution is 6.31. The van der Waals surface area contributed by atoms with Gasteiger partial charge in [0.1, 0.15) is 6.42 Å². The minimum absolute atomic E-state index is 0.144. The molecule has 1 aliphatic rings. The second kappa shape index (κ2) is 8.23. The predicted molar refractivity (Wildman–Crippen MR) is 105 cm³/mol. The summed E-state index contributed by atoms with van der Waals surface area (Å²) in [4.78, 5) is 28.6. The number of anilines is 2. The van der Waals surface area contributed by atoms with E-state index in [1.165, 1.54) is 0 Å². The van der Waals surface area contributed by atoms with Crippen LogP contribution in [0.3, 0.4) is 0 Å². The highest BCUT2D eigenvalue weighted by Crippen LogP contribution is 2.23. The first kappa shape index (κ1) is 18.3. The van der Waals surface area contributed by atoms with Gasteiger partial charge in [0.05, 0.1) is 0 Å². The zero-order valence-electron chi connectivity index (χ0n) is 14.7. The summed E-state index contributed by atoms with van der Waals surface area (Å²) in [6, 6.07) is 15.5. The lowest BCUT2D eigenvalue weighted by Crippen LogP contribution is -2.49. The van der Waals surface area contributed by atoms with E-state index in [1.807, 2.05) is 25.1 Å². The van der Waals surface area contributed by atoms with Crippen LogP contribution in [0.5, 0.6) is 0 Å². The first-order valence-electron chi connectivity index (χ1n) is 8.67.